The van der Waals surface area contributed by atoms with Crippen molar-refractivity contribution in [2.45, 2.75) is 149 Å². The average Bonchev–Trinajstić information content (AvgIpc) is 3.79. The fourth-order valence-electron chi connectivity index (χ4n) is 8.90. The number of hydrogen-bond donors (Lipinski definition) is 1. The van der Waals surface area contributed by atoms with Crippen molar-refractivity contribution in [1.82, 2.24) is 0 Å². The average molecular weight is 929 g/mol. The Hall–Kier alpha value is -4.34. The van der Waals surface area contributed by atoms with Gasteiger partial charge in [-0.1, -0.05) is 76.2 Å². The molecule has 4 aromatic carbocycles. The summed E-state index contributed by atoms with van der Waals surface area (Å²) in [6.07, 6.45) is 3.19. The summed E-state index contributed by atoms with van der Waals surface area (Å²) in [5, 5.41) is 9.95. The Morgan fingerprint density at radius 1 is 0.585 bits per heavy atom. The van der Waals surface area contributed by atoms with E-state index in [0.29, 0.717) is 50.6 Å². The first kappa shape index (κ1) is 51.6. The van der Waals surface area contributed by atoms with Gasteiger partial charge in [-0.15, -0.1) is 0 Å². The van der Waals surface area contributed by atoms with Gasteiger partial charge in [-0.25, -0.2) is 0 Å². The summed E-state index contributed by atoms with van der Waals surface area (Å²) >= 11 is 0. The maximum Gasteiger partial charge on any atom is 0.534 e. The maximum atomic E-state index is 12.8. The molecule has 358 valence electrons. The van der Waals surface area contributed by atoms with Crippen molar-refractivity contribution in [1.29, 1.82) is 0 Å². The zero-order chi connectivity index (χ0) is 48.2. The van der Waals surface area contributed by atoms with Gasteiger partial charge in [0, 0.05) is 10.8 Å². The molecule has 0 bridgehead atoms. The van der Waals surface area contributed by atoms with Gasteiger partial charge in [-0.3, -0.25) is 0 Å². The van der Waals surface area contributed by atoms with E-state index >= 15 is 0 Å². The molecule has 2 fully saturated rings. The minimum atomic E-state index is -5.74. The van der Waals surface area contributed by atoms with E-state index in [1.165, 1.54) is 24.1 Å². The highest BCUT2D eigenvalue weighted by Gasteiger charge is 2.49. The molecule has 4 aromatic rings. The number of halogens is 3. The van der Waals surface area contributed by atoms with Crippen LogP contribution in [-0.2, 0) is 39.9 Å². The van der Waals surface area contributed by atoms with Gasteiger partial charge in [0.25, 0.3) is 0 Å². The van der Waals surface area contributed by atoms with Crippen LogP contribution in [0.1, 0.15) is 126 Å². The second-order valence-electron chi connectivity index (χ2n) is 18.0. The van der Waals surface area contributed by atoms with Crippen LogP contribution < -0.4 is 13.7 Å². The summed E-state index contributed by atoms with van der Waals surface area (Å²) in [5.41, 5.74) is 1.62. The van der Waals surface area contributed by atoms with Crippen LogP contribution in [0.2, 0.25) is 0 Å². The van der Waals surface area contributed by atoms with Crippen LogP contribution in [0.4, 0.5) is 13.2 Å². The first-order valence-corrected chi connectivity index (χ1v) is 23.8. The summed E-state index contributed by atoms with van der Waals surface area (Å²) < 4.78 is 100. The molecule has 0 aliphatic carbocycles. The first-order chi connectivity index (χ1) is 30.3. The molecule has 0 amide bonds. The second kappa shape index (κ2) is 20.3. The molecule has 1 N–H and O–H groups in total. The minimum absolute atomic E-state index is 0.0468. The molecule has 2 heterocycles. The van der Waals surface area contributed by atoms with E-state index in [9.17, 15) is 26.7 Å². The highest BCUT2D eigenvalue weighted by molar-refractivity contribution is 7.88. The van der Waals surface area contributed by atoms with Crippen LogP contribution in [0.25, 0.3) is 0 Å². The molecular formula is C51H67F3O10S. The molecule has 0 aromatic heterocycles. The number of phenolic OH excluding ortho intramolecular Hbond substituents is 1. The van der Waals surface area contributed by atoms with Crippen LogP contribution in [0.3, 0.4) is 0 Å². The Morgan fingerprint density at radius 3 is 1.22 bits per heavy atom. The second-order valence-corrected chi connectivity index (χ2v) is 19.6. The lowest BCUT2D eigenvalue weighted by atomic mass is 9.70. The molecule has 0 spiro atoms. The van der Waals surface area contributed by atoms with E-state index in [-0.39, 0.29) is 23.4 Å². The van der Waals surface area contributed by atoms with Crippen molar-refractivity contribution >= 4 is 10.1 Å². The number of alkyl halides is 3. The molecular weight excluding hydrogens is 862 g/mol. The zero-order valence-electron chi connectivity index (χ0n) is 39.9. The van der Waals surface area contributed by atoms with Crippen molar-refractivity contribution in [2.75, 3.05) is 26.4 Å². The van der Waals surface area contributed by atoms with E-state index in [4.69, 9.17) is 28.4 Å². The lowest BCUT2D eigenvalue weighted by molar-refractivity contribution is -0.141. The van der Waals surface area contributed by atoms with Crippen molar-refractivity contribution in [3.63, 3.8) is 0 Å². The predicted octanol–water partition coefficient (Wildman–Crippen LogP) is 11.8. The monoisotopic (exact) mass is 928 g/mol. The molecule has 2 saturated heterocycles. The number of phenols is 1. The number of hydrogen-bond acceptors (Lipinski definition) is 10. The summed E-state index contributed by atoms with van der Waals surface area (Å²) in [7, 11) is -5.74. The van der Waals surface area contributed by atoms with Gasteiger partial charge in [-0.05, 0) is 150 Å². The molecule has 6 rings (SSSR count). The van der Waals surface area contributed by atoms with Crippen molar-refractivity contribution < 1.29 is 59.3 Å². The van der Waals surface area contributed by atoms with E-state index < -0.39 is 32.6 Å². The van der Waals surface area contributed by atoms with Crippen LogP contribution >= 0.6 is 0 Å². The first-order valence-electron chi connectivity index (χ1n) is 22.4. The molecule has 65 heavy (non-hydrogen) atoms. The smallest absolute Gasteiger partial charge is 0.508 e. The van der Waals surface area contributed by atoms with Crippen molar-refractivity contribution in [2.24, 2.45) is 0 Å². The Kier molecular flexibility index (Phi) is 16.1. The van der Waals surface area contributed by atoms with Gasteiger partial charge in [0.1, 0.15) is 48.4 Å². The topological polar surface area (TPSA) is 119 Å². The predicted molar refractivity (Wildman–Crippen MR) is 246 cm³/mol. The lowest BCUT2D eigenvalue weighted by Crippen LogP contribution is -2.29. The number of ether oxygens (including phenoxy) is 6. The maximum absolute atomic E-state index is 12.8. The quantitative estimate of drug-likeness (QED) is 0.0859. The molecule has 2 aliphatic heterocycles. The number of benzene rings is 4. The van der Waals surface area contributed by atoms with Crippen LogP contribution in [0.15, 0.2) is 72.8 Å². The van der Waals surface area contributed by atoms with Gasteiger partial charge in [0.15, 0.2) is 11.6 Å². The van der Waals surface area contributed by atoms with E-state index in [0.717, 1.165) is 52.2 Å². The van der Waals surface area contributed by atoms with Gasteiger partial charge < -0.3 is 37.7 Å². The summed E-state index contributed by atoms with van der Waals surface area (Å²) in [4.78, 5) is 0. The highest BCUT2D eigenvalue weighted by atomic mass is 32.2. The van der Waals surface area contributed by atoms with Crippen molar-refractivity contribution in [3.8, 4) is 23.0 Å². The molecule has 14 heteroatoms. The summed E-state index contributed by atoms with van der Waals surface area (Å²) in [5.74, 6) is 0.450. The van der Waals surface area contributed by atoms with Gasteiger partial charge >= 0.3 is 15.6 Å². The number of aromatic hydroxyl groups is 1. The Bertz CT molecular complexity index is 2370. The molecule has 0 saturated carbocycles. The zero-order valence-corrected chi connectivity index (χ0v) is 40.7. The minimum Gasteiger partial charge on any atom is -0.508 e. The molecule has 2 aliphatic rings. The summed E-state index contributed by atoms with van der Waals surface area (Å²) in [6, 6.07) is 23.0. The highest BCUT2D eigenvalue weighted by Crippen LogP contribution is 2.44. The summed E-state index contributed by atoms with van der Waals surface area (Å²) in [6.45, 7) is 25.5. The largest absolute Gasteiger partial charge is 0.534 e. The van der Waals surface area contributed by atoms with Crippen molar-refractivity contribution in [3.05, 3.63) is 117 Å². The standard InChI is InChI=1S/C26H33F3O6S.C25H34O4/c1-7-25(8-2,20-10-12-23(18(4)14-20)35-36(30,31)26(27,28)29)19-9-11-22(17(3)13-19)32-15-21-16-33-24(5,6)34-21;1-7-25(8-2,19-9-11-22(26)17(3)13-19)20-10-12-23(18(4)14-20)27-15-21-16-28-24(5,6)29-21/h9-14,21H,7-8,15-16H2,1-6H3;9-14,21,26H,7-8,15-16H2,1-6H3. The van der Waals surface area contributed by atoms with Gasteiger partial charge in [0.2, 0.25) is 0 Å². The number of aryl methyl sites for hydroxylation is 4. The van der Waals surface area contributed by atoms with E-state index in [1.807, 2.05) is 79.7 Å². The van der Waals surface area contributed by atoms with Crippen LogP contribution in [0.5, 0.6) is 23.0 Å². The van der Waals surface area contributed by atoms with Gasteiger partial charge in [0.05, 0.1) is 13.2 Å². The third-order valence-electron chi connectivity index (χ3n) is 12.8. The third-order valence-corrected chi connectivity index (χ3v) is 13.8. The van der Waals surface area contributed by atoms with Crippen LogP contribution in [-0.4, -0.2) is 69.2 Å². The molecule has 10 nitrogen and oxygen atoms in total. The van der Waals surface area contributed by atoms with E-state index in [1.54, 1.807) is 18.2 Å². The van der Waals surface area contributed by atoms with E-state index in [2.05, 4.69) is 49.2 Å². The fourth-order valence-corrected chi connectivity index (χ4v) is 9.42. The third kappa shape index (κ3) is 11.8. The lowest BCUT2D eigenvalue weighted by Gasteiger charge is -2.34. The Balaban J connectivity index is 0.000000250. The molecule has 0 radical (unpaired) electrons. The molecule has 2 atom stereocenters. The Labute approximate surface area is 383 Å². The number of rotatable bonds is 16. The molecule has 2 unspecified atom stereocenters. The fraction of sp³-hybridized carbons (Fsp3) is 0.529. The van der Waals surface area contributed by atoms with Gasteiger partial charge in [-0.2, -0.15) is 21.6 Å². The Morgan fingerprint density at radius 2 is 0.923 bits per heavy atom. The van der Waals surface area contributed by atoms with Crippen LogP contribution in [0, 0.1) is 27.7 Å². The SMILES string of the molecule is CCC(CC)(c1ccc(O)c(C)c1)c1ccc(OCC2COC(C)(C)O2)c(C)c1.CCC(CC)(c1ccc(OCC2COC(C)(C)O2)c(C)c1)c1ccc(OS(=O)(=O)C(F)(F)F)c(C)c1. The normalized spacial score (nSPS) is 18.5.